The van der Waals surface area contributed by atoms with Crippen LogP contribution in [-0.4, -0.2) is 31.1 Å². The Labute approximate surface area is 123 Å². The van der Waals surface area contributed by atoms with Gasteiger partial charge in [-0.2, -0.15) is 0 Å². The van der Waals surface area contributed by atoms with E-state index in [0.717, 1.165) is 37.9 Å². The largest absolute Gasteiger partial charge is 0.310 e. The average molecular weight is 280 g/mol. The van der Waals surface area contributed by atoms with Crippen molar-refractivity contribution in [2.24, 2.45) is 0 Å². The topological polar surface area (TPSA) is 15.3 Å². The van der Waals surface area contributed by atoms with E-state index >= 15 is 0 Å². The third-order valence-corrected chi connectivity index (χ3v) is 4.01. The second kappa shape index (κ2) is 9.09. The SMILES string of the molecule is CCCNC(CCN(C)C(C)CC)c1cccc(F)c1. The van der Waals surface area contributed by atoms with Gasteiger partial charge in [-0.05, 0) is 64.0 Å². The number of halogens is 1. The Morgan fingerprint density at radius 3 is 2.65 bits per heavy atom. The van der Waals surface area contributed by atoms with Gasteiger partial charge in [-0.1, -0.05) is 26.0 Å². The molecule has 1 N–H and O–H groups in total. The molecule has 0 saturated carbocycles. The lowest BCUT2D eigenvalue weighted by Gasteiger charge is -2.27. The molecule has 0 bridgehead atoms. The third kappa shape index (κ3) is 5.59. The summed E-state index contributed by atoms with van der Waals surface area (Å²) in [4.78, 5) is 2.37. The van der Waals surface area contributed by atoms with Crippen LogP contribution in [0.15, 0.2) is 24.3 Å². The number of nitrogens with one attached hydrogen (secondary N) is 1. The Hall–Kier alpha value is -0.930. The molecule has 0 aliphatic heterocycles. The summed E-state index contributed by atoms with van der Waals surface area (Å²) in [7, 11) is 2.16. The van der Waals surface area contributed by atoms with Crippen molar-refractivity contribution in [3.05, 3.63) is 35.6 Å². The van der Waals surface area contributed by atoms with E-state index in [0.29, 0.717) is 6.04 Å². The van der Waals surface area contributed by atoms with Gasteiger partial charge in [0.25, 0.3) is 0 Å². The van der Waals surface area contributed by atoms with Crippen molar-refractivity contribution < 1.29 is 4.39 Å². The molecule has 0 amide bonds. The third-order valence-electron chi connectivity index (χ3n) is 4.01. The Morgan fingerprint density at radius 1 is 1.30 bits per heavy atom. The number of benzene rings is 1. The van der Waals surface area contributed by atoms with Crippen LogP contribution >= 0.6 is 0 Å². The van der Waals surface area contributed by atoms with Gasteiger partial charge in [0.15, 0.2) is 0 Å². The number of hydrogen-bond donors (Lipinski definition) is 1. The molecule has 0 aliphatic carbocycles. The Morgan fingerprint density at radius 2 is 2.05 bits per heavy atom. The molecule has 2 unspecified atom stereocenters. The minimum Gasteiger partial charge on any atom is -0.310 e. The standard InChI is InChI=1S/C17H29FN2/c1-5-11-19-17(10-12-20(4)14(3)6-2)15-8-7-9-16(18)13-15/h7-9,13-14,17,19H,5-6,10-12H2,1-4H3. The highest BCUT2D eigenvalue weighted by Gasteiger charge is 2.14. The average Bonchev–Trinajstić information content (AvgIpc) is 2.46. The van der Waals surface area contributed by atoms with Crippen molar-refractivity contribution in [3.63, 3.8) is 0 Å². The first-order chi connectivity index (χ1) is 9.58. The molecule has 2 nitrogen and oxygen atoms in total. The van der Waals surface area contributed by atoms with E-state index in [2.05, 4.69) is 38.0 Å². The van der Waals surface area contributed by atoms with Crippen molar-refractivity contribution in [2.75, 3.05) is 20.1 Å². The second-order valence-electron chi connectivity index (χ2n) is 5.59. The molecule has 0 radical (unpaired) electrons. The molecule has 0 aliphatic rings. The monoisotopic (exact) mass is 280 g/mol. The van der Waals surface area contributed by atoms with E-state index in [1.807, 2.05) is 6.07 Å². The molecule has 0 spiro atoms. The molecular formula is C17H29FN2. The van der Waals surface area contributed by atoms with E-state index in [1.165, 1.54) is 6.07 Å². The summed E-state index contributed by atoms with van der Waals surface area (Å²) in [5, 5.41) is 3.53. The first-order valence-corrected chi connectivity index (χ1v) is 7.77. The van der Waals surface area contributed by atoms with Gasteiger partial charge in [0.1, 0.15) is 5.82 Å². The Kier molecular flexibility index (Phi) is 7.78. The maximum absolute atomic E-state index is 13.4. The lowest BCUT2D eigenvalue weighted by atomic mass is 10.0. The molecule has 1 aromatic rings. The van der Waals surface area contributed by atoms with Crippen LogP contribution in [0.5, 0.6) is 0 Å². The summed E-state index contributed by atoms with van der Waals surface area (Å²) in [5.74, 6) is -0.152. The van der Waals surface area contributed by atoms with Crippen LogP contribution in [0.4, 0.5) is 4.39 Å². The second-order valence-corrected chi connectivity index (χ2v) is 5.59. The van der Waals surface area contributed by atoms with Crippen LogP contribution in [0, 0.1) is 5.82 Å². The van der Waals surface area contributed by atoms with Crippen LogP contribution < -0.4 is 5.32 Å². The van der Waals surface area contributed by atoms with Crippen molar-refractivity contribution in [2.45, 2.75) is 52.1 Å². The fraction of sp³-hybridized carbons (Fsp3) is 0.647. The van der Waals surface area contributed by atoms with Crippen LogP contribution in [0.25, 0.3) is 0 Å². The van der Waals surface area contributed by atoms with Crippen molar-refractivity contribution in [1.82, 2.24) is 10.2 Å². The predicted molar refractivity (Wildman–Crippen MR) is 84.4 cm³/mol. The molecule has 0 fully saturated rings. The molecule has 1 rings (SSSR count). The van der Waals surface area contributed by atoms with E-state index in [4.69, 9.17) is 0 Å². The molecule has 114 valence electrons. The zero-order chi connectivity index (χ0) is 15.0. The lowest BCUT2D eigenvalue weighted by molar-refractivity contribution is 0.237. The number of hydrogen-bond acceptors (Lipinski definition) is 2. The number of nitrogens with zero attached hydrogens (tertiary/aromatic N) is 1. The Bertz CT molecular complexity index is 381. The molecule has 2 atom stereocenters. The smallest absolute Gasteiger partial charge is 0.123 e. The zero-order valence-electron chi connectivity index (χ0n) is 13.3. The minimum atomic E-state index is -0.152. The van der Waals surface area contributed by atoms with Gasteiger partial charge in [-0.15, -0.1) is 0 Å². The maximum atomic E-state index is 13.4. The predicted octanol–water partition coefficient (Wildman–Crippen LogP) is 3.99. The van der Waals surface area contributed by atoms with Gasteiger partial charge in [0, 0.05) is 12.1 Å². The normalized spacial score (nSPS) is 14.5. The van der Waals surface area contributed by atoms with Gasteiger partial charge in [-0.3, -0.25) is 0 Å². The fourth-order valence-corrected chi connectivity index (χ4v) is 2.29. The summed E-state index contributed by atoms with van der Waals surface area (Å²) < 4.78 is 13.4. The molecule has 1 aromatic carbocycles. The highest BCUT2D eigenvalue weighted by Crippen LogP contribution is 2.19. The molecule has 0 heterocycles. The van der Waals surface area contributed by atoms with Gasteiger partial charge in [0.05, 0.1) is 0 Å². The molecule has 0 saturated heterocycles. The first kappa shape index (κ1) is 17.1. The van der Waals surface area contributed by atoms with E-state index in [9.17, 15) is 4.39 Å². The van der Waals surface area contributed by atoms with Crippen LogP contribution in [0.1, 0.15) is 51.6 Å². The molecule has 0 aromatic heterocycles. The van der Waals surface area contributed by atoms with Crippen LogP contribution in [-0.2, 0) is 0 Å². The molecule has 20 heavy (non-hydrogen) atoms. The first-order valence-electron chi connectivity index (χ1n) is 7.77. The van der Waals surface area contributed by atoms with Gasteiger partial charge < -0.3 is 10.2 Å². The van der Waals surface area contributed by atoms with E-state index < -0.39 is 0 Å². The quantitative estimate of drug-likeness (QED) is 0.736. The molecule has 3 heteroatoms. The number of rotatable bonds is 9. The minimum absolute atomic E-state index is 0.152. The van der Waals surface area contributed by atoms with Crippen molar-refractivity contribution in [1.29, 1.82) is 0 Å². The fourth-order valence-electron chi connectivity index (χ4n) is 2.29. The van der Waals surface area contributed by atoms with Gasteiger partial charge >= 0.3 is 0 Å². The van der Waals surface area contributed by atoms with E-state index in [-0.39, 0.29) is 11.9 Å². The highest BCUT2D eigenvalue weighted by atomic mass is 19.1. The maximum Gasteiger partial charge on any atom is 0.123 e. The van der Waals surface area contributed by atoms with Gasteiger partial charge in [-0.25, -0.2) is 4.39 Å². The molecular weight excluding hydrogens is 251 g/mol. The highest BCUT2D eigenvalue weighted by molar-refractivity contribution is 5.20. The zero-order valence-corrected chi connectivity index (χ0v) is 13.3. The van der Waals surface area contributed by atoms with Crippen molar-refractivity contribution >= 4 is 0 Å². The summed E-state index contributed by atoms with van der Waals surface area (Å²) in [6, 6.07) is 7.79. The van der Waals surface area contributed by atoms with Crippen molar-refractivity contribution in [3.8, 4) is 0 Å². The summed E-state index contributed by atoms with van der Waals surface area (Å²) in [6.07, 6.45) is 3.25. The summed E-state index contributed by atoms with van der Waals surface area (Å²) in [5.41, 5.74) is 1.05. The summed E-state index contributed by atoms with van der Waals surface area (Å²) >= 11 is 0. The lowest BCUT2D eigenvalue weighted by Crippen LogP contribution is -2.32. The van der Waals surface area contributed by atoms with E-state index in [1.54, 1.807) is 12.1 Å². The van der Waals surface area contributed by atoms with Crippen LogP contribution in [0.3, 0.4) is 0 Å². The van der Waals surface area contributed by atoms with Crippen LogP contribution in [0.2, 0.25) is 0 Å². The van der Waals surface area contributed by atoms with Gasteiger partial charge in [0.2, 0.25) is 0 Å². The Balaban J connectivity index is 2.65. The summed E-state index contributed by atoms with van der Waals surface area (Å²) in [6.45, 7) is 8.60.